The van der Waals surface area contributed by atoms with Crippen LogP contribution in [0.2, 0.25) is 5.02 Å². The third-order valence-electron chi connectivity index (χ3n) is 1.18. The minimum absolute atomic E-state index is 0.788. The molecule has 0 nitrogen and oxygen atoms in total. The molecule has 46 valence electrons. The Morgan fingerprint density at radius 2 is 2.44 bits per heavy atom. The number of halogens is 1. The first-order valence-corrected chi connectivity index (χ1v) is 3.29. The van der Waals surface area contributed by atoms with E-state index < -0.39 is 0 Å². The van der Waals surface area contributed by atoms with E-state index in [-0.39, 0.29) is 0 Å². The van der Waals surface area contributed by atoms with E-state index in [2.05, 4.69) is 12.1 Å². The average molecular weight is 139 g/mol. The van der Waals surface area contributed by atoms with Gasteiger partial charge in [-0.2, -0.15) is 0 Å². The molecule has 0 atom stereocenters. The summed E-state index contributed by atoms with van der Waals surface area (Å²) in [5.41, 5.74) is 1.04. The zero-order chi connectivity index (χ0) is 6.69. The Hall–Kier alpha value is -0.490. The van der Waals surface area contributed by atoms with Crippen LogP contribution in [0.15, 0.2) is 12.1 Å². The van der Waals surface area contributed by atoms with Crippen molar-refractivity contribution in [2.75, 3.05) is 0 Å². The minimum atomic E-state index is 0.788. The second kappa shape index (κ2) is 2.88. The van der Waals surface area contributed by atoms with Crippen LogP contribution in [0.4, 0.5) is 0 Å². The van der Waals surface area contributed by atoms with Gasteiger partial charge in [0.2, 0.25) is 0 Å². The van der Waals surface area contributed by atoms with Crippen LogP contribution in [0.5, 0.6) is 0 Å². The Labute approximate surface area is 60.5 Å². The summed E-state index contributed by atoms with van der Waals surface area (Å²) < 4.78 is 0. The van der Waals surface area contributed by atoms with Crippen LogP contribution >= 0.6 is 11.6 Å². The van der Waals surface area contributed by atoms with Gasteiger partial charge in [-0.1, -0.05) is 24.6 Å². The van der Waals surface area contributed by atoms with E-state index in [1.807, 2.05) is 13.0 Å². The van der Waals surface area contributed by atoms with Crippen molar-refractivity contribution in [1.82, 2.24) is 0 Å². The van der Waals surface area contributed by atoms with Crippen molar-refractivity contribution in [2.45, 2.75) is 13.3 Å². The molecule has 0 spiro atoms. The summed E-state index contributed by atoms with van der Waals surface area (Å²) in [7, 11) is 0. The smallest absolute Gasteiger partial charge is 0.0444 e. The zero-order valence-electron chi connectivity index (χ0n) is 5.24. The Morgan fingerprint density at radius 3 is 2.89 bits per heavy atom. The molecular formula is C8H7Cl. The lowest BCUT2D eigenvalue weighted by Gasteiger charge is -1.95. The average Bonchev–Trinajstić information content (AvgIpc) is 1.89. The van der Waals surface area contributed by atoms with E-state index in [0.717, 1.165) is 17.0 Å². The van der Waals surface area contributed by atoms with Crippen molar-refractivity contribution in [2.24, 2.45) is 0 Å². The topological polar surface area (TPSA) is 0 Å². The number of rotatable bonds is 1. The standard InChI is InChI=1S/C8H7Cl/c1-2-7-5-3-4-6-8(7)9/h4,6H,2H2,1H3. The molecule has 0 heterocycles. The largest absolute Gasteiger partial charge is 0.0840 e. The summed E-state index contributed by atoms with van der Waals surface area (Å²) in [5.74, 6) is 0. The fraction of sp³-hybridized carbons (Fsp3) is 0.250. The van der Waals surface area contributed by atoms with Gasteiger partial charge in [0.1, 0.15) is 0 Å². The molecule has 1 heteroatoms. The van der Waals surface area contributed by atoms with Crippen LogP contribution in [0.1, 0.15) is 12.5 Å². The first kappa shape index (κ1) is 6.63. The van der Waals surface area contributed by atoms with Gasteiger partial charge in [0.15, 0.2) is 0 Å². The molecule has 1 rings (SSSR count). The molecule has 0 N–H and O–H groups in total. The van der Waals surface area contributed by atoms with Gasteiger partial charge in [-0.15, -0.1) is 0 Å². The Morgan fingerprint density at radius 1 is 1.67 bits per heavy atom. The lowest BCUT2D eigenvalue weighted by atomic mass is 10.2. The van der Waals surface area contributed by atoms with E-state index in [9.17, 15) is 0 Å². The normalized spacial score (nSPS) is 9.56. The van der Waals surface area contributed by atoms with E-state index in [0.29, 0.717) is 0 Å². The van der Waals surface area contributed by atoms with Crippen molar-refractivity contribution >= 4 is 11.6 Å². The molecule has 1 aromatic rings. The van der Waals surface area contributed by atoms with Crippen molar-refractivity contribution in [3.05, 3.63) is 34.9 Å². The highest BCUT2D eigenvalue weighted by atomic mass is 35.5. The van der Waals surface area contributed by atoms with Crippen LogP contribution in [0.3, 0.4) is 0 Å². The Balaban J connectivity index is 3.01. The SMILES string of the molecule is CCc1[c][c]ccc1Cl. The monoisotopic (exact) mass is 138 g/mol. The lowest BCUT2D eigenvalue weighted by molar-refractivity contribution is 1.14. The maximum absolute atomic E-state index is 5.77. The van der Waals surface area contributed by atoms with Gasteiger partial charge < -0.3 is 0 Å². The summed E-state index contributed by atoms with van der Waals surface area (Å²) in [6.07, 6.45) is 0.927. The first-order chi connectivity index (χ1) is 4.34. The van der Waals surface area contributed by atoms with Crippen LogP contribution < -0.4 is 0 Å². The number of hydrogen-bond donors (Lipinski definition) is 0. The molecule has 0 aliphatic heterocycles. The Kier molecular flexibility index (Phi) is 2.12. The van der Waals surface area contributed by atoms with Gasteiger partial charge in [0.05, 0.1) is 0 Å². The lowest BCUT2D eigenvalue weighted by Crippen LogP contribution is -1.79. The Bertz CT molecular complexity index is 194. The van der Waals surface area contributed by atoms with Crippen LogP contribution in [0.25, 0.3) is 0 Å². The van der Waals surface area contributed by atoms with Gasteiger partial charge in [-0.25, -0.2) is 0 Å². The summed E-state index contributed by atoms with van der Waals surface area (Å²) >= 11 is 5.77. The van der Waals surface area contributed by atoms with Crippen molar-refractivity contribution < 1.29 is 0 Å². The van der Waals surface area contributed by atoms with Gasteiger partial charge in [-0.05, 0) is 30.2 Å². The molecule has 0 aromatic heterocycles. The quantitative estimate of drug-likeness (QED) is 0.560. The fourth-order valence-corrected chi connectivity index (χ4v) is 0.905. The van der Waals surface area contributed by atoms with Crippen molar-refractivity contribution in [1.29, 1.82) is 0 Å². The van der Waals surface area contributed by atoms with E-state index in [1.54, 1.807) is 6.07 Å². The summed E-state index contributed by atoms with van der Waals surface area (Å²) in [6.45, 7) is 2.05. The molecule has 0 bridgehead atoms. The third kappa shape index (κ3) is 1.46. The molecule has 0 saturated carbocycles. The van der Waals surface area contributed by atoms with E-state index in [4.69, 9.17) is 11.6 Å². The van der Waals surface area contributed by atoms with Crippen molar-refractivity contribution in [3.8, 4) is 0 Å². The fourth-order valence-electron chi connectivity index (χ4n) is 0.661. The highest BCUT2D eigenvalue weighted by Gasteiger charge is 1.92. The summed E-state index contributed by atoms with van der Waals surface area (Å²) in [4.78, 5) is 0. The van der Waals surface area contributed by atoms with Crippen LogP contribution in [-0.4, -0.2) is 0 Å². The van der Waals surface area contributed by atoms with Gasteiger partial charge in [-0.3, -0.25) is 0 Å². The van der Waals surface area contributed by atoms with Gasteiger partial charge >= 0.3 is 0 Å². The second-order valence-corrected chi connectivity index (χ2v) is 2.19. The molecule has 0 amide bonds. The number of benzene rings is 1. The maximum atomic E-state index is 5.77. The van der Waals surface area contributed by atoms with Crippen LogP contribution in [-0.2, 0) is 6.42 Å². The molecule has 0 aliphatic carbocycles. The number of aryl methyl sites for hydroxylation is 1. The molecule has 0 aliphatic rings. The summed E-state index contributed by atoms with van der Waals surface area (Å²) in [6, 6.07) is 9.37. The molecule has 9 heavy (non-hydrogen) atoms. The zero-order valence-corrected chi connectivity index (χ0v) is 6.00. The predicted octanol–water partition coefficient (Wildman–Crippen LogP) is 2.50. The van der Waals surface area contributed by atoms with Gasteiger partial charge in [0.25, 0.3) is 0 Å². The third-order valence-corrected chi connectivity index (χ3v) is 1.53. The van der Waals surface area contributed by atoms with E-state index >= 15 is 0 Å². The molecule has 1 aromatic carbocycles. The number of hydrogen-bond acceptors (Lipinski definition) is 0. The van der Waals surface area contributed by atoms with Gasteiger partial charge in [0, 0.05) is 5.02 Å². The van der Waals surface area contributed by atoms with Crippen LogP contribution in [0, 0.1) is 12.1 Å². The highest BCUT2D eigenvalue weighted by Crippen LogP contribution is 2.13. The minimum Gasteiger partial charge on any atom is -0.0840 e. The van der Waals surface area contributed by atoms with Crippen molar-refractivity contribution in [3.63, 3.8) is 0 Å². The first-order valence-electron chi connectivity index (χ1n) is 2.91. The highest BCUT2D eigenvalue weighted by molar-refractivity contribution is 6.31. The summed E-state index contributed by atoms with van der Waals surface area (Å²) in [5, 5.41) is 0.788. The molecular weight excluding hydrogens is 132 g/mol. The molecule has 0 unspecified atom stereocenters. The molecule has 2 radical (unpaired) electrons. The molecule has 0 saturated heterocycles. The maximum Gasteiger partial charge on any atom is 0.0444 e. The molecule has 0 fully saturated rings. The van der Waals surface area contributed by atoms with E-state index in [1.165, 1.54) is 0 Å². The second-order valence-electron chi connectivity index (χ2n) is 1.78. The predicted molar refractivity (Wildman–Crippen MR) is 38.5 cm³/mol.